The summed E-state index contributed by atoms with van der Waals surface area (Å²) in [6.07, 6.45) is 2.19. The van der Waals surface area contributed by atoms with E-state index in [1.165, 1.54) is 0 Å². The highest BCUT2D eigenvalue weighted by Crippen LogP contribution is 2.30. The Labute approximate surface area is 105 Å². The Kier molecular flexibility index (Phi) is 3.72. The third kappa shape index (κ3) is 2.74. The van der Waals surface area contributed by atoms with Crippen molar-refractivity contribution >= 4 is 23.8 Å². The lowest BCUT2D eigenvalue weighted by Gasteiger charge is -2.01. The van der Waals surface area contributed by atoms with Crippen LogP contribution in [0.3, 0.4) is 0 Å². The Morgan fingerprint density at radius 1 is 1.44 bits per heavy atom. The lowest BCUT2D eigenvalue weighted by Crippen LogP contribution is -2.13. The number of hydrogen-bond donors (Lipinski definition) is 2. The van der Waals surface area contributed by atoms with Crippen LogP contribution in [0.15, 0.2) is 29.3 Å². The fraction of sp³-hybridized carbons (Fsp3) is 0.308. The highest BCUT2D eigenvalue weighted by Gasteiger charge is 2.28. The summed E-state index contributed by atoms with van der Waals surface area (Å²) in [5.41, 5.74) is 1.74. The minimum atomic E-state index is -0.825. The van der Waals surface area contributed by atoms with Crippen LogP contribution in [0.1, 0.15) is 24.3 Å². The summed E-state index contributed by atoms with van der Waals surface area (Å²) in [5.74, 6) is -1.27. The summed E-state index contributed by atoms with van der Waals surface area (Å²) in [4.78, 5) is 26.2. The van der Waals surface area contributed by atoms with Crippen molar-refractivity contribution in [1.82, 2.24) is 0 Å². The first kappa shape index (κ1) is 12.3. The number of nitrogens with one attached hydrogen (secondary N) is 1. The number of para-hydroxylation sites is 1. The number of carboxylic acids is 1. The molecule has 1 aliphatic rings. The van der Waals surface area contributed by atoms with Crippen molar-refractivity contribution in [3.8, 4) is 0 Å². The molecular formula is C13H14N2O3. The molecule has 18 heavy (non-hydrogen) atoms. The van der Waals surface area contributed by atoms with Crippen molar-refractivity contribution in [2.75, 3.05) is 11.9 Å². The highest BCUT2D eigenvalue weighted by molar-refractivity contribution is 6.12. The molecule has 1 aromatic rings. The van der Waals surface area contributed by atoms with Gasteiger partial charge in [-0.3, -0.25) is 14.6 Å². The molecule has 1 aliphatic heterocycles. The Morgan fingerprint density at radius 3 is 3.00 bits per heavy atom. The fourth-order valence-electron chi connectivity index (χ4n) is 1.88. The maximum atomic E-state index is 11.7. The number of carbonyl (C=O) groups excluding carboxylic acids is 1. The molecule has 2 rings (SSSR count). The number of nitrogens with zero attached hydrogens (tertiary/aromatic N) is 1. The minimum Gasteiger partial charge on any atom is -0.481 e. The van der Waals surface area contributed by atoms with Crippen molar-refractivity contribution in [1.29, 1.82) is 0 Å². The average Bonchev–Trinajstić information content (AvgIpc) is 2.65. The Bertz CT molecular complexity index is 497. The predicted octanol–water partition coefficient (Wildman–Crippen LogP) is 1.66. The van der Waals surface area contributed by atoms with E-state index < -0.39 is 5.97 Å². The molecule has 0 aromatic heterocycles. The van der Waals surface area contributed by atoms with E-state index in [0.29, 0.717) is 13.0 Å². The maximum Gasteiger partial charge on any atom is 0.303 e. The van der Waals surface area contributed by atoms with Gasteiger partial charge in [0, 0.05) is 24.9 Å². The second-order valence-corrected chi connectivity index (χ2v) is 4.11. The predicted molar refractivity (Wildman–Crippen MR) is 68.0 cm³/mol. The summed E-state index contributed by atoms with van der Waals surface area (Å²) in [6, 6.07) is 7.49. The summed E-state index contributed by atoms with van der Waals surface area (Å²) in [7, 11) is 0. The van der Waals surface area contributed by atoms with Gasteiger partial charge in [-0.15, -0.1) is 0 Å². The van der Waals surface area contributed by atoms with Gasteiger partial charge in [0.05, 0.1) is 0 Å². The lowest BCUT2D eigenvalue weighted by atomic mass is 10.0. The maximum absolute atomic E-state index is 11.7. The van der Waals surface area contributed by atoms with E-state index in [4.69, 9.17) is 5.11 Å². The molecule has 0 radical (unpaired) electrons. The molecule has 1 amide bonds. The van der Waals surface area contributed by atoms with Crippen LogP contribution in [0.25, 0.3) is 0 Å². The number of fused-ring (bicyclic) bond motifs is 1. The number of amides is 1. The quantitative estimate of drug-likeness (QED) is 0.612. The number of carboxylic acid groups (broad SMARTS) is 1. The van der Waals surface area contributed by atoms with Gasteiger partial charge < -0.3 is 10.4 Å². The number of aliphatic carboxylic acids is 1. The van der Waals surface area contributed by atoms with E-state index in [-0.39, 0.29) is 18.2 Å². The lowest BCUT2D eigenvalue weighted by molar-refractivity contribution is -0.137. The molecule has 94 valence electrons. The molecule has 0 spiro atoms. The van der Waals surface area contributed by atoms with Crippen molar-refractivity contribution in [3.05, 3.63) is 29.8 Å². The molecule has 5 nitrogen and oxygen atoms in total. The Hall–Kier alpha value is -2.17. The van der Waals surface area contributed by atoms with Crippen LogP contribution in [-0.2, 0) is 9.59 Å². The van der Waals surface area contributed by atoms with Crippen LogP contribution < -0.4 is 5.32 Å². The molecule has 2 N–H and O–H groups in total. The zero-order valence-electron chi connectivity index (χ0n) is 9.80. The van der Waals surface area contributed by atoms with Gasteiger partial charge in [0.25, 0.3) is 0 Å². The zero-order valence-corrected chi connectivity index (χ0v) is 9.80. The molecule has 5 heteroatoms. The van der Waals surface area contributed by atoms with Crippen LogP contribution in [0.5, 0.6) is 0 Å². The van der Waals surface area contributed by atoms with Crippen LogP contribution in [0.4, 0.5) is 5.69 Å². The number of anilines is 1. The topological polar surface area (TPSA) is 78.8 Å². The second-order valence-electron chi connectivity index (χ2n) is 4.11. The van der Waals surface area contributed by atoms with E-state index >= 15 is 0 Å². The van der Waals surface area contributed by atoms with Crippen molar-refractivity contribution < 1.29 is 14.7 Å². The number of benzene rings is 1. The van der Waals surface area contributed by atoms with Crippen LogP contribution in [-0.4, -0.2) is 29.7 Å². The van der Waals surface area contributed by atoms with Crippen molar-refractivity contribution in [2.24, 2.45) is 4.99 Å². The van der Waals surface area contributed by atoms with Gasteiger partial charge in [-0.2, -0.15) is 0 Å². The van der Waals surface area contributed by atoms with Gasteiger partial charge >= 0.3 is 5.97 Å². The molecular weight excluding hydrogens is 232 g/mol. The first-order chi connectivity index (χ1) is 8.68. The van der Waals surface area contributed by atoms with Gasteiger partial charge in [-0.25, -0.2) is 0 Å². The van der Waals surface area contributed by atoms with E-state index in [0.717, 1.165) is 11.3 Å². The third-order valence-corrected chi connectivity index (χ3v) is 2.77. The van der Waals surface area contributed by atoms with Crippen molar-refractivity contribution in [3.63, 3.8) is 0 Å². The first-order valence-corrected chi connectivity index (χ1v) is 5.80. The molecule has 0 bridgehead atoms. The first-order valence-electron chi connectivity index (χ1n) is 5.80. The summed E-state index contributed by atoms with van der Waals surface area (Å²) >= 11 is 0. The van der Waals surface area contributed by atoms with Crippen molar-refractivity contribution in [2.45, 2.75) is 18.8 Å². The highest BCUT2D eigenvalue weighted by atomic mass is 16.4. The normalized spacial score (nSPS) is 17.8. The summed E-state index contributed by atoms with van der Waals surface area (Å²) in [5, 5.41) is 11.3. The van der Waals surface area contributed by atoms with E-state index in [2.05, 4.69) is 10.3 Å². The fourth-order valence-corrected chi connectivity index (χ4v) is 1.88. The zero-order chi connectivity index (χ0) is 13.0. The standard InChI is InChI=1S/C13H14N2O3/c16-12(17)6-3-7-14-8-10-9-4-1-2-5-11(9)15-13(10)18/h1-2,4-5,8,10H,3,6-7H2,(H,15,18)(H,16,17)/t10-/m1/s1. The molecule has 0 saturated heterocycles. The van der Waals surface area contributed by atoms with Crippen LogP contribution >= 0.6 is 0 Å². The number of rotatable bonds is 5. The average molecular weight is 246 g/mol. The van der Waals surface area contributed by atoms with Gasteiger partial charge in [0.1, 0.15) is 5.92 Å². The smallest absolute Gasteiger partial charge is 0.303 e. The monoisotopic (exact) mass is 246 g/mol. The van der Waals surface area contributed by atoms with Gasteiger partial charge in [0.15, 0.2) is 0 Å². The number of carbonyl (C=O) groups is 2. The second kappa shape index (κ2) is 5.44. The van der Waals surface area contributed by atoms with Gasteiger partial charge in [-0.05, 0) is 18.1 Å². The number of hydrogen-bond acceptors (Lipinski definition) is 3. The Balaban J connectivity index is 1.95. The van der Waals surface area contributed by atoms with Gasteiger partial charge in [0.2, 0.25) is 5.91 Å². The van der Waals surface area contributed by atoms with Gasteiger partial charge in [-0.1, -0.05) is 18.2 Å². The minimum absolute atomic E-state index is 0.0850. The Morgan fingerprint density at radius 2 is 2.22 bits per heavy atom. The molecule has 1 atom stereocenters. The summed E-state index contributed by atoms with van der Waals surface area (Å²) in [6.45, 7) is 0.429. The molecule has 1 heterocycles. The SMILES string of the molecule is O=C(O)CCCN=C[C@H]1C(=O)Nc2ccccc21. The molecule has 0 saturated carbocycles. The van der Waals surface area contributed by atoms with Crippen LogP contribution in [0, 0.1) is 0 Å². The molecule has 0 unspecified atom stereocenters. The molecule has 0 fully saturated rings. The largest absolute Gasteiger partial charge is 0.481 e. The number of aliphatic imine (C=N–C) groups is 1. The third-order valence-electron chi connectivity index (χ3n) is 2.77. The van der Waals surface area contributed by atoms with E-state index in [1.807, 2.05) is 24.3 Å². The molecule has 0 aliphatic carbocycles. The van der Waals surface area contributed by atoms with E-state index in [1.54, 1.807) is 6.21 Å². The van der Waals surface area contributed by atoms with Crippen LogP contribution in [0.2, 0.25) is 0 Å². The molecule has 1 aromatic carbocycles. The summed E-state index contributed by atoms with van der Waals surface area (Å²) < 4.78 is 0. The van der Waals surface area contributed by atoms with E-state index in [9.17, 15) is 9.59 Å².